The molecule has 0 aliphatic heterocycles. The molecule has 2 N–H and O–H groups in total. The summed E-state index contributed by atoms with van der Waals surface area (Å²) in [5, 5.41) is 9.75. The van der Waals surface area contributed by atoms with Crippen LogP contribution in [0.4, 0.5) is 0 Å². The number of ketones is 1. The molecule has 2 rings (SSSR count). The van der Waals surface area contributed by atoms with Gasteiger partial charge in [-0.15, -0.1) is 0 Å². The van der Waals surface area contributed by atoms with Gasteiger partial charge in [0, 0.05) is 11.8 Å². The first kappa shape index (κ1) is 9.68. The van der Waals surface area contributed by atoms with Gasteiger partial charge < -0.3 is 10.1 Å². The summed E-state index contributed by atoms with van der Waals surface area (Å²) in [6, 6.07) is 12.2. The second-order valence-electron chi connectivity index (χ2n) is 3.26. The fourth-order valence-electron chi connectivity index (χ4n) is 1.42. The maximum absolute atomic E-state index is 11.8. The van der Waals surface area contributed by atoms with Crippen LogP contribution in [0.15, 0.2) is 48.7 Å². The number of aromatic amines is 1. The number of nitrogens with one attached hydrogen (secondary N) is 1. The van der Waals surface area contributed by atoms with Crippen molar-refractivity contribution in [2.75, 3.05) is 0 Å². The molecule has 1 aromatic carbocycles. The Hall–Kier alpha value is -1.87. The molecule has 0 bridgehead atoms. The number of Topliss-reactive ketones (excluding diaryl/α,β-unsaturated/α-hetero) is 1. The lowest BCUT2D eigenvalue weighted by Crippen LogP contribution is -2.12. The Morgan fingerprint density at radius 3 is 2.47 bits per heavy atom. The van der Waals surface area contributed by atoms with Crippen molar-refractivity contribution in [3.63, 3.8) is 0 Å². The summed E-state index contributed by atoms with van der Waals surface area (Å²) in [7, 11) is 0. The van der Waals surface area contributed by atoms with Crippen LogP contribution < -0.4 is 0 Å². The van der Waals surface area contributed by atoms with E-state index in [2.05, 4.69) is 4.98 Å². The quantitative estimate of drug-likeness (QED) is 0.745. The van der Waals surface area contributed by atoms with Crippen LogP contribution >= 0.6 is 0 Å². The maximum atomic E-state index is 11.8. The van der Waals surface area contributed by atoms with E-state index < -0.39 is 6.10 Å². The first-order chi connectivity index (χ1) is 7.29. The number of rotatable bonds is 3. The second-order valence-corrected chi connectivity index (χ2v) is 3.26. The van der Waals surface area contributed by atoms with Crippen LogP contribution in [-0.4, -0.2) is 15.9 Å². The van der Waals surface area contributed by atoms with E-state index in [0.29, 0.717) is 11.3 Å². The predicted molar refractivity (Wildman–Crippen MR) is 56.5 cm³/mol. The zero-order chi connectivity index (χ0) is 10.7. The fraction of sp³-hybridized carbons (Fsp3) is 0.0833. The summed E-state index contributed by atoms with van der Waals surface area (Å²) in [6.07, 6.45) is 0.569. The van der Waals surface area contributed by atoms with Crippen LogP contribution in [0.25, 0.3) is 0 Å². The normalized spacial score (nSPS) is 12.3. The molecule has 1 heterocycles. The van der Waals surface area contributed by atoms with Crippen molar-refractivity contribution in [1.82, 2.24) is 4.98 Å². The number of carbonyl (C=O) groups excluding carboxylic acids is 1. The van der Waals surface area contributed by atoms with E-state index in [4.69, 9.17) is 0 Å². The molecule has 15 heavy (non-hydrogen) atoms. The molecule has 0 saturated heterocycles. The van der Waals surface area contributed by atoms with Gasteiger partial charge in [0.2, 0.25) is 0 Å². The van der Waals surface area contributed by atoms with E-state index in [1.807, 2.05) is 6.07 Å². The molecule has 0 amide bonds. The van der Waals surface area contributed by atoms with Crippen molar-refractivity contribution < 1.29 is 9.90 Å². The van der Waals surface area contributed by atoms with E-state index >= 15 is 0 Å². The Balaban J connectivity index is 2.23. The van der Waals surface area contributed by atoms with E-state index in [0.717, 1.165) is 0 Å². The summed E-state index contributed by atoms with van der Waals surface area (Å²) >= 11 is 0. The van der Waals surface area contributed by atoms with Crippen LogP contribution in [0.3, 0.4) is 0 Å². The molecule has 1 aromatic heterocycles. The second kappa shape index (κ2) is 4.11. The highest BCUT2D eigenvalue weighted by molar-refractivity contribution is 5.99. The molecule has 1 atom stereocenters. The average Bonchev–Trinajstić information content (AvgIpc) is 2.82. The van der Waals surface area contributed by atoms with Gasteiger partial charge in [0.15, 0.2) is 11.9 Å². The monoisotopic (exact) mass is 201 g/mol. The molecule has 0 aliphatic carbocycles. The van der Waals surface area contributed by atoms with Crippen molar-refractivity contribution in [2.24, 2.45) is 0 Å². The topological polar surface area (TPSA) is 53.1 Å². The molecular weight excluding hydrogens is 190 g/mol. The summed E-state index contributed by atoms with van der Waals surface area (Å²) in [4.78, 5) is 14.6. The van der Waals surface area contributed by atoms with Gasteiger partial charge in [-0.05, 0) is 12.1 Å². The van der Waals surface area contributed by atoms with Crippen LogP contribution in [0.5, 0.6) is 0 Å². The third-order valence-electron chi connectivity index (χ3n) is 2.22. The molecular formula is C12H11NO2. The Kier molecular flexibility index (Phi) is 2.65. The molecule has 3 nitrogen and oxygen atoms in total. The number of H-pyrrole nitrogens is 1. The Bertz CT molecular complexity index is 434. The molecule has 3 heteroatoms. The lowest BCUT2D eigenvalue weighted by Gasteiger charge is -2.07. The Labute approximate surface area is 87.4 Å². The summed E-state index contributed by atoms with van der Waals surface area (Å²) in [6.45, 7) is 0. The number of benzene rings is 1. The van der Waals surface area contributed by atoms with Gasteiger partial charge in [-0.1, -0.05) is 30.3 Å². The van der Waals surface area contributed by atoms with Gasteiger partial charge in [-0.2, -0.15) is 0 Å². The number of hydrogen-bond acceptors (Lipinski definition) is 2. The average molecular weight is 201 g/mol. The molecule has 0 aliphatic rings. The first-order valence-corrected chi connectivity index (χ1v) is 4.69. The number of aromatic nitrogens is 1. The minimum atomic E-state index is -1.11. The maximum Gasteiger partial charge on any atom is 0.197 e. The van der Waals surface area contributed by atoms with Crippen molar-refractivity contribution in [3.05, 3.63) is 59.9 Å². The van der Waals surface area contributed by atoms with Crippen LogP contribution in [0.1, 0.15) is 22.2 Å². The standard InChI is InChI=1S/C12H11NO2/c14-11(9-5-2-1-3-6-9)12(15)10-7-4-8-13-10/h1-8,12-13,15H. The largest absolute Gasteiger partial charge is 0.379 e. The van der Waals surface area contributed by atoms with Gasteiger partial charge in [0.1, 0.15) is 0 Å². The molecule has 1 unspecified atom stereocenters. The van der Waals surface area contributed by atoms with Crippen LogP contribution in [0, 0.1) is 0 Å². The predicted octanol–water partition coefficient (Wildman–Crippen LogP) is 1.93. The van der Waals surface area contributed by atoms with E-state index in [9.17, 15) is 9.90 Å². The highest BCUT2D eigenvalue weighted by atomic mass is 16.3. The van der Waals surface area contributed by atoms with Gasteiger partial charge in [0.25, 0.3) is 0 Å². The van der Waals surface area contributed by atoms with Gasteiger partial charge >= 0.3 is 0 Å². The van der Waals surface area contributed by atoms with E-state index in [1.165, 1.54) is 0 Å². The van der Waals surface area contributed by atoms with Crippen molar-refractivity contribution in [1.29, 1.82) is 0 Å². The summed E-state index contributed by atoms with van der Waals surface area (Å²) in [5.41, 5.74) is 1.03. The Morgan fingerprint density at radius 2 is 1.87 bits per heavy atom. The Morgan fingerprint density at radius 1 is 1.13 bits per heavy atom. The number of hydrogen-bond donors (Lipinski definition) is 2. The summed E-state index contributed by atoms with van der Waals surface area (Å²) in [5.74, 6) is -0.293. The molecule has 0 saturated carbocycles. The lowest BCUT2D eigenvalue weighted by atomic mass is 10.0. The number of carbonyl (C=O) groups is 1. The third-order valence-corrected chi connectivity index (χ3v) is 2.22. The van der Waals surface area contributed by atoms with Crippen molar-refractivity contribution in [3.8, 4) is 0 Å². The minimum absolute atomic E-state index is 0.293. The van der Waals surface area contributed by atoms with E-state index in [-0.39, 0.29) is 5.78 Å². The van der Waals surface area contributed by atoms with Gasteiger partial charge in [-0.3, -0.25) is 4.79 Å². The van der Waals surface area contributed by atoms with Crippen LogP contribution in [-0.2, 0) is 0 Å². The molecule has 76 valence electrons. The highest BCUT2D eigenvalue weighted by Crippen LogP contribution is 2.16. The summed E-state index contributed by atoms with van der Waals surface area (Å²) < 4.78 is 0. The molecule has 0 spiro atoms. The fourth-order valence-corrected chi connectivity index (χ4v) is 1.42. The molecule has 0 radical (unpaired) electrons. The van der Waals surface area contributed by atoms with Crippen LogP contribution in [0.2, 0.25) is 0 Å². The SMILES string of the molecule is O=C(c1ccccc1)C(O)c1ccc[nH]1. The lowest BCUT2D eigenvalue weighted by molar-refractivity contribution is 0.0741. The smallest absolute Gasteiger partial charge is 0.197 e. The van der Waals surface area contributed by atoms with Crippen molar-refractivity contribution >= 4 is 5.78 Å². The zero-order valence-corrected chi connectivity index (χ0v) is 8.05. The highest BCUT2D eigenvalue weighted by Gasteiger charge is 2.19. The minimum Gasteiger partial charge on any atom is -0.379 e. The van der Waals surface area contributed by atoms with Gasteiger partial charge in [-0.25, -0.2) is 0 Å². The van der Waals surface area contributed by atoms with Gasteiger partial charge in [0.05, 0.1) is 5.69 Å². The number of aliphatic hydroxyl groups is 1. The first-order valence-electron chi connectivity index (χ1n) is 4.69. The van der Waals surface area contributed by atoms with Crippen molar-refractivity contribution in [2.45, 2.75) is 6.10 Å². The van der Waals surface area contributed by atoms with E-state index in [1.54, 1.807) is 42.6 Å². The molecule has 2 aromatic rings. The third kappa shape index (κ3) is 1.97. The molecule has 0 fully saturated rings. The number of aliphatic hydroxyl groups excluding tert-OH is 1. The zero-order valence-electron chi connectivity index (χ0n) is 8.05.